The Labute approximate surface area is 294 Å². The van der Waals surface area contributed by atoms with Gasteiger partial charge in [-0.2, -0.15) is 0 Å². The Morgan fingerprint density at radius 3 is 2.29 bits per heavy atom. The number of unbranched alkanes of at least 4 members (excludes halogenated alkanes) is 1. The summed E-state index contributed by atoms with van der Waals surface area (Å²) in [5.74, 6) is 1.04. The topological polar surface area (TPSA) is 63.1 Å². The van der Waals surface area contributed by atoms with Gasteiger partial charge in [-0.15, -0.1) is 6.58 Å². The maximum absolute atomic E-state index is 13.5. The van der Waals surface area contributed by atoms with Crippen molar-refractivity contribution in [2.75, 3.05) is 25.0 Å². The molecule has 1 N–H and O–H groups in total. The molecule has 3 aliphatic rings. The zero-order valence-corrected chi connectivity index (χ0v) is 30.2. The monoisotopic (exact) mass is 657 g/mol. The highest BCUT2D eigenvalue weighted by molar-refractivity contribution is 5.73. The summed E-state index contributed by atoms with van der Waals surface area (Å²) >= 11 is 0. The van der Waals surface area contributed by atoms with Crippen LogP contribution >= 0.6 is 0 Å². The lowest BCUT2D eigenvalue weighted by Gasteiger charge is -2.45. The van der Waals surface area contributed by atoms with Crippen LogP contribution in [0.15, 0.2) is 114 Å². The zero-order valence-electron chi connectivity index (χ0n) is 30.2. The van der Waals surface area contributed by atoms with Crippen LogP contribution in [0.1, 0.15) is 76.5 Å². The maximum atomic E-state index is 13.5. The van der Waals surface area contributed by atoms with Gasteiger partial charge in [-0.25, -0.2) is 4.98 Å². The quantitative estimate of drug-likeness (QED) is 0.163. The second kappa shape index (κ2) is 19.4. The molecule has 4 heterocycles. The maximum Gasteiger partial charge on any atom is 0.261 e. The normalized spacial score (nSPS) is 16.6. The van der Waals surface area contributed by atoms with E-state index in [0.717, 1.165) is 49.1 Å². The number of hydrogen-bond acceptors (Lipinski definition) is 5. The van der Waals surface area contributed by atoms with Crippen LogP contribution < -0.4 is 15.8 Å². The fourth-order valence-corrected chi connectivity index (χ4v) is 6.45. The zero-order chi connectivity index (χ0) is 35.0. The molecule has 0 saturated carbocycles. The van der Waals surface area contributed by atoms with Crippen molar-refractivity contribution in [3.8, 4) is 11.4 Å². The third kappa shape index (κ3) is 9.99. The fourth-order valence-electron chi connectivity index (χ4n) is 6.45. The van der Waals surface area contributed by atoms with Gasteiger partial charge in [0.2, 0.25) is 0 Å². The molecular weight excluding hydrogens is 603 g/mol. The predicted molar refractivity (Wildman–Crippen MR) is 209 cm³/mol. The van der Waals surface area contributed by atoms with Gasteiger partial charge in [0.05, 0.1) is 5.56 Å². The number of piperidine rings is 1. The highest BCUT2D eigenvalue weighted by atomic mass is 16.1. The second-order valence-electron chi connectivity index (χ2n) is 12.9. The van der Waals surface area contributed by atoms with Crippen molar-refractivity contribution >= 4 is 17.3 Å². The second-order valence-corrected chi connectivity index (χ2v) is 12.9. The fraction of sp³-hybridized carbons (Fsp3) is 0.372. The molecule has 1 aliphatic carbocycles. The van der Waals surface area contributed by atoms with Gasteiger partial charge < -0.3 is 10.2 Å². The van der Waals surface area contributed by atoms with Crippen molar-refractivity contribution in [3.05, 3.63) is 137 Å². The molecule has 0 radical (unpaired) electrons. The van der Waals surface area contributed by atoms with E-state index in [0.29, 0.717) is 24.3 Å². The minimum Gasteiger partial charge on any atom is -0.364 e. The summed E-state index contributed by atoms with van der Waals surface area (Å²) in [6.45, 7) is 14.9. The van der Waals surface area contributed by atoms with Crippen molar-refractivity contribution < 1.29 is 0 Å². The first-order valence-corrected chi connectivity index (χ1v) is 18.0. The predicted octanol–water partition coefficient (Wildman–Crippen LogP) is 9.24. The van der Waals surface area contributed by atoms with Crippen molar-refractivity contribution in [1.82, 2.24) is 19.9 Å². The molecule has 2 aromatic carbocycles. The van der Waals surface area contributed by atoms with Crippen molar-refractivity contribution in [2.45, 2.75) is 78.8 Å². The smallest absolute Gasteiger partial charge is 0.261 e. The molecule has 4 aromatic rings. The van der Waals surface area contributed by atoms with E-state index in [9.17, 15) is 4.79 Å². The first kappa shape index (κ1) is 37.3. The van der Waals surface area contributed by atoms with Crippen LogP contribution in [0.25, 0.3) is 23.0 Å². The van der Waals surface area contributed by atoms with E-state index in [1.54, 1.807) is 16.8 Å². The number of nitrogens with zero attached hydrogens (tertiary/aromatic N) is 4. The molecule has 2 unspecified atom stereocenters. The Kier molecular flexibility index (Phi) is 14.8. The average Bonchev–Trinajstić information content (AvgIpc) is 3.15. The van der Waals surface area contributed by atoms with E-state index in [2.05, 4.69) is 98.0 Å². The summed E-state index contributed by atoms with van der Waals surface area (Å²) in [6.07, 6.45) is 19.1. The van der Waals surface area contributed by atoms with E-state index >= 15 is 0 Å². The Hall–Kier alpha value is -4.55. The molecule has 2 aliphatic heterocycles. The van der Waals surface area contributed by atoms with E-state index in [4.69, 9.17) is 4.98 Å². The minimum absolute atomic E-state index is 0.0221. The van der Waals surface area contributed by atoms with Gasteiger partial charge in [-0.1, -0.05) is 112 Å². The molecule has 49 heavy (non-hydrogen) atoms. The number of fused-ring (bicyclic) bond motifs is 2. The van der Waals surface area contributed by atoms with Gasteiger partial charge in [0.1, 0.15) is 5.82 Å². The minimum atomic E-state index is 0.0221. The van der Waals surface area contributed by atoms with Gasteiger partial charge in [-0.05, 0) is 68.1 Å². The van der Waals surface area contributed by atoms with Crippen molar-refractivity contribution in [2.24, 2.45) is 5.92 Å². The molecule has 1 saturated heterocycles. The summed E-state index contributed by atoms with van der Waals surface area (Å²) in [4.78, 5) is 24.9. The first-order valence-electron chi connectivity index (χ1n) is 18.0. The van der Waals surface area contributed by atoms with Gasteiger partial charge in [-0.3, -0.25) is 14.3 Å². The van der Waals surface area contributed by atoms with Crippen LogP contribution in [0, 0.1) is 5.92 Å². The van der Waals surface area contributed by atoms with Crippen molar-refractivity contribution in [3.63, 3.8) is 0 Å². The van der Waals surface area contributed by atoms with E-state index in [-0.39, 0.29) is 5.56 Å². The lowest BCUT2D eigenvalue weighted by atomic mass is 9.77. The van der Waals surface area contributed by atoms with Gasteiger partial charge >= 0.3 is 0 Å². The van der Waals surface area contributed by atoms with E-state index in [1.807, 2.05) is 49.8 Å². The lowest BCUT2D eigenvalue weighted by Crippen LogP contribution is -2.47. The third-order valence-electron chi connectivity index (χ3n) is 9.05. The largest absolute Gasteiger partial charge is 0.364 e. The summed E-state index contributed by atoms with van der Waals surface area (Å²) in [7, 11) is 1.97. The summed E-state index contributed by atoms with van der Waals surface area (Å²) in [5, 5.41) is 3.15. The third-order valence-corrected chi connectivity index (χ3v) is 9.05. The Morgan fingerprint density at radius 1 is 0.959 bits per heavy atom. The number of para-hydroxylation sites is 1. The van der Waals surface area contributed by atoms with Gasteiger partial charge in [0.15, 0.2) is 0 Å². The summed E-state index contributed by atoms with van der Waals surface area (Å²) in [6, 6.07) is 22.9. The highest BCUT2D eigenvalue weighted by Gasteiger charge is 2.36. The number of anilines is 1. The Bertz CT molecular complexity index is 1720. The number of rotatable bonds is 11. The molecule has 0 spiro atoms. The number of aryl methyl sites for hydroxylation is 1. The molecular formula is C43H55N5O. The Morgan fingerprint density at radius 2 is 1.67 bits per heavy atom. The number of pyridine rings is 1. The molecule has 7 rings (SSSR count). The van der Waals surface area contributed by atoms with E-state index in [1.165, 1.54) is 41.6 Å². The molecule has 0 amide bonds. The van der Waals surface area contributed by atoms with Crippen LogP contribution in [0.3, 0.4) is 0 Å². The van der Waals surface area contributed by atoms with Crippen LogP contribution in [0.2, 0.25) is 0 Å². The molecule has 1 fully saturated rings. The number of likely N-dealkylation sites (N-methyl/N-ethyl adjacent to an activating group) is 1. The average molecular weight is 658 g/mol. The number of allylic oxidation sites excluding steroid dienone is 1. The molecule has 2 aromatic heterocycles. The van der Waals surface area contributed by atoms with Crippen LogP contribution in [0.5, 0.6) is 0 Å². The van der Waals surface area contributed by atoms with Crippen LogP contribution in [-0.4, -0.2) is 40.7 Å². The first-order chi connectivity index (χ1) is 23.9. The standard InChI is InChI=1S/C26H25N3O.C13H20N2.C4H10/c1-2-15-28-25(19-9-5-3-6-10-19)27-17-24(26(28)30)23-16-22-14-13-20(23)18-29(22)21-11-7-4-8-12-21;1-4-5-12-6-7-15-10-13(12)8-11(2)9-14-3;1-3-4-2/h2-12,16-17,20,22H,1,13-15,18H2;6-8,10,14H,4-5,9H2,1-3H3;3-4H2,1-2H3/b;11-8+;. The van der Waals surface area contributed by atoms with E-state index < -0.39 is 0 Å². The Balaban J connectivity index is 0.000000239. The number of aromatic nitrogens is 3. The number of hydrogen-bond donors (Lipinski definition) is 1. The summed E-state index contributed by atoms with van der Waals surface area (Å²) in [5.41, 5.74) is 8.10. The number of nitrogens with one attached hydrogen (secondary N) is 1. The molecule has 2 atom stereocenters. The SMILES string of the molecule is C=CCn1c(-c2ccccc2)ncc(C2=CC3CCC2CN3c2ccccc2)c1=O.CCCC.CCCc1ccncc1/C=C(\C)CNC. The lowest BCUT2D eigenvalue weighted by molar-refractivity contribution is 0.425. The highest BCUT2D eigenvalue weighted by Crippen LogP contribution is 2.41. The molecule has 6 heteroatoms. The van der Waals surface area contributed by atoms with Crippen LogP contribution in [0.4, 0.5) is 5.69 Å². The molecule has 2 bridgehead atoms. The number of benzene rings is 2. The van der Waals surface area contributed by atoms with Crippen molar-refractivity contribution in [1.29, 1.82) is 0 Å². The van der Waals surface area contributed by atoms with Gasteiger partial charge in [0.25, 0.3) is 5.56 Å². The summed E-state index contributed by atoms with van der Waals surface area (Å²) < 4.78 is 1.75. The van der Waals surface area contributed by atoms with Gasteiger partial charge in [0, 0.05) is 61.4 Å². The molecule has 6 nitrogen and oxygen atoms in total. The molecule has 258 valence electrons. The van der Waals surface area contributed by atoms with Crippen LogP contribution in [-0.2, 0) is 13.0 Å².